The number of nitrogens with one attached hydrogen (secondary N) is 1. The van der Waals surface area contributed by atoms with Crippen LogP contribution in [0, 0.1) is 5.82 Å². The molecular weight excluding hydrogens is 293 g/mol. The second kappa shape index (κ2) is 6.24. The molecule has 0 radical (unpaired) electrons. The zero-order valence-electron chi connectivity index (χ0n) is 11.5. The van der Waals surface area contributed by atoms with Crippen LogP contribution >= 0.6 is 0 Å². The Hall–Kier alpha value is -1.92. The van der Waals surface area contributed by atoms with E-state index in [2.05, 4.69) is 4.72 Å². The van der Waals surface area contributed by atoms with Crippen molar-refractivity contribution in [3.05, 3.63) is 59.4 Å². The van der Waals surface area contributed by atoms with Gasteiger partial charge in [0, 0.05) is 0 Å². The number of hydrogen-bond donors (Lipinski definition) is 2. The summed E-state index contributed by atoms with van der Waals surface area (Å²) in [6.07, 6.45) is 0.657. The molecule has 0 aromatic heterocycles. The van der Waals surface area contributed by atoms with Crippen molar-refractivity contribution >= 4 is 15.7 Å². The molecule has 2 N–H and O–H groups in total. The molecule has 0 spiro atoms. The van der Waals surface area contributed by atoms with Gasteiger partial charge in [-0.15, -0.1) is 0 Å². The average molecular weight is 309 g/mol. The topological polar surface area (TPSA) is 66.4 Å². The van der Waals surface area contributed by atoms with Gasteiger partial charge in [0.05, 0.1) is 12.3 Å². The van der Waals surface area contributed by atoms with Crippen molar-refractivity contribution < 1.29 is 17.9 Å². The molecule has 4 nitrogen and oxygen atoms in total. The summed E-state index contributed by atoms with van der Waals surface area (Å²) < 4.78 is 40.8. The minimum absolute atomic E-state index is 0.320. The SMILES string of the molecule is CCc1ccccc1NS(=O)(=O)c1ccc(CO)cc1F. The molecule has 112 valence electrons. The van der Waals surface area contributed by atoms with Gasteiger partial charge in [-0.25, -0.2) is 12.8 Å². The molecule has 21 heavy (non-hydrogen) atoms. The molecular formula is C15H16FNO3S. The van der Waals surface area contributed by atoms with Gasteiger partial charge >= 0.3 is 0 Å². The van der Waals surface area contributed by atoms with Crippen LogP contribution in [-0.4, -0.2) is 13.5 Å². The minimum atomic E-state index is -4.01. The number of sulfonamides is 1. The first-order valence-corrected chi connectivity index (χ1v) is 7.96. The highest BCUT2D eigenvalue weighted by atomic mass is 32.2. The summed E-state index contributed by atoms with van der Waals surface area (Å²) >= 11 is 0. The number of anilines is 1. The number of aryl methyl sites for hydroxylation is 1. The number of halogens is 1. The molecule has 0 heterocycles. The van der Waals surface area contributed by atoms with E-state index in [-0.39, 0.29) is 6.61 Å². The predicted molar refractivity (Wildman–Crippen MR) is 79.0 cm³/mol. The van der Waals surface area contributed by atoms with E-state index in [4.69, 9.17) is 5.11 Å². The highest BCUT2D eigenvalue weighted by Crippen LogP contribution is 2.22. The van der Waals surface area contributed by atoms with E-state index in [0.717, 1.165) is 17.7 Å². The summed E-state index contributed by atoms with van der Waals surface area (Å²) in [4.78, 5) is -0.439. The van der Waals surface area contributed by atoms with E-state index in [1.54, 1.807) is 12.1 Å². The molecule has 0 saturated carbocycles. The smallest absolute Gasteiger partial charge is 0.264 e. The maximum absolute atomic E-state index is 13.9. The molecule has 0 unspecified atom stereocenters. The van der Waals surface area contributed by atoms with E-state index in [0.29, 0.717) is 17.7 Å². The summed E-state index contributed by atoms with van der Waals surface area (Å²) in [5.74, 6) is -0.886. The van der Waals surface area contributed by atoms with Crippen LogP contribution < -0.4 is 4.72 Å². The van der Waals surface area contributed by atoms with Crippen LogP contribution in [0.2, 0.25) is 0 Å². The molecule has 0 saturated heterocycles. The lowest BCUT2D eigenvalue weighted by Gasteiger charge is -2.12. The Balaban J connectivity index is 2.39. The Morgan fingerprint density at radius 1 is 1.19 bits per heavy atom. The van der Waals surface area contributed by atoms with Gasteiger partial charge in [-0.05, 0) is 35.7 Å². The Bertz CT molecular complexity index is 744. The van der Waals surface area contributed by atoms with Crippen molar-refractivity contribution in [3.63, 3.8) is 0 Å². The normalized spacial score (nSPS) is 11.4. The number of aliphatic hydroxyl groups excluding tert-OH is 1. The van der Waals surface area contributed by atoms with Crippen molar-refractivity contribution in [2.24, 2.45) is 0 Å². The maximum Gasteiger partial charge on any atom is 0.264 e. The molecule has 2 rings (SSSR count). The van der Waals surface area contributed by atoms with Gasteiger partial charge in [0.15, 0.2) is 0 Å². The molecule has 2 aromatic rings. The largest absolute Gasteiger partial charge is 0.392 e. The lowest BCUT2D eigenvalue weighted by Crippen LogP contribution is -2.15. The fourth-order valence-electron chi connectivity index (χ4n) is 1.99. The van der Waals surface area contributed by atoms with Gasteiger partial charge in [0.25, 0.3) is 10.0 Å². The summed E-state index contributed by atoms with van der Waals surface area (Å²) in [5, 5.41) is 8.93. The fourth-order valence-corrected chi connectivity index (χ4v) is 3.15. The van der Waals surface area contributed by atoms with Crippen molar-refractivity contribution in [2.45, 2.75) is 24.8 Å². The van der Waals surface area contributed by atoms with E-state index in [1.807, 2.05) is 19.1 Å². The molecule has 6 heteroatoms. The zero-order chi connectivity index (χ0) is 15.5. The van der Waals surface area contributed by atoms with E-state index in [1.165, 1.54) is 6.07 Å². The average Bonchev–Trinajstić information content (AvgIpc) is 2.47. The number of benzene rings is 2. The van der Waals surface area contributed by atoms with Crippen molar-refractivity contribution in [1.29, 1.82) is 0 Å². The highest BCUT2D eigenvalue weighted by Gasteiger charge is 2.20. The van der Waals surface area contributed by atoms with Crippen LogP contribution in [0.15, 0.2) is 47.4 Å². The van der Waals surface area contributed by atoms with Gasteiger partial charge in [-0.2, -0.15) is 0 Å². The monoisotopic (exact) mass is 309 g/mol. The second-order valence-corrected chi connectivity index (χ2v) is 6.19. The van der Waals surface area contributed by atoms with Gasteiger partial charge in [0.1, 0.15) is 10.7 Å². The van der Waals surface area contributed by atoms with E-state index < -0.39 is 20.7 Å². The van der Waals surface area contributed by atoms with Crippen LogP contribution in [0.1, 0.15) is 18.1 Å². The highest BCUT2D eigenvalue weighted by molar-refractivity contribution is 7.92. The summed E-state index contributed by atoms with van der Waals surface area (Å²) in [7, 11) is -4.01. The summed E-state index contributed by atoms with van der Waals surface area (Å²) in [6, 6.07) is 10.5. The van der Waals surface area contributed by atoms with E-state index >= 15 is 0 Å². The van der Waals surface area contributed by atoms with Crippen LogP contribution in [-0.2, 0) is 23.1 Å². The molecule has 2 aromatic carbocycles. The van der Waals surface area contributed by atoms with Crippen molar-refractivity contribution in [2.75, 3.05) is 4.72 Å². The number of hydrogen-bond acceptors (Lipinski definition) is 3. The van der Waals surface area contributed by atoms with Crippen LogP contribution in [0.4, 0.5) is 10.1 Å². The number of para-hydroxylation sites is 1. The molecule has 0 aliphatic carbocycles. The van der Waals surface area contributed by atoms with Crippen LogP contribution in [0.3, 0.4) is 0 Å². The van der Waals surface area contributed by atoms with Crippen LogP contribution in [0.25, 0.3) is 0 Å². The van der Waals surface area contributed by atoms with Gasteiger partial charge in [-0.3, -0.25) is 4.72 Å². The Morgan fingerprint density at radius 3 is 2.52 bits per heavy atom. The fraction of sp³-hybridized carbons (Fsp3) is 0.200. The Morgan fingerprint density at radius 2 is 1.90 bits per heavy atom. The first kappa shape index (κ1) is 15.5. The lowest BCUT2D eigenvalue weighted by molar-refractivity contribution is 0.281. The molecule has 0 aliphatic rings. The minimum Gasteiger partial charge on any atom is -0.392 e. The summed E-state index contributed by atoms with van der Waals surface area (Å²) in [6.45, 7) is 1.56. The molecule has 0 atom stereocenters. The predicted octanol–water partition coefficient (Wildman–Crippen LogP) is 2.68. The summed E-state index contributed by atoms with van der Waals surface area (Å²) in [5.41, 5.74) is 1.58. The molecule has 0 bridgehead atoms. The maximum atomic E-state index is 13.9. The number of aliphatic hydroxyl groups is 1. The third-order valence-corrected chi connectivity index (χ3v) is 4.51. The Labute approximate surface area is 123 Å². The first-order valence-electron chi connectivity index (χ1n) is 6.48. The van der Waals surface area contributed by atoms with Gasteiger partial charge < -0.3 is 5.11 Å². The second-order valence-electron chi connectivity index (χ2n) is 4.54. The molecule has 0 aliphatic heterocycles. The van der Waals surface area contributed by atoms with Gasteiger partial charge in [-0.1, -0.05) is 31.2 Å². The van der Waals surface area contributed by atoms with E-state index in [9.17, 15) is 12.8 Å². The van der Waals surface area contributed by atoms with Crippen LogP contribution in [0.5, 0.6) is 0 Å². The zero-order valence-corrected chi connectivity index (χ0v) is 12.3. The Kier molecular flexibility index (Phi) is 4.59. The third-order valence-electron chi connectivity index (χ3n) is 3.11. The quantitative estimate of drug-likeness (QED) is 0.892. The third kappa shape index (κ3) is 3.40. The first-order chi connectivity index (χ1) is 9.97. The molecule has 0 fully saturated rings. The molecule has 0 amide bonds. The van der Waals surface area contributed by atoms with Gasteiger partial charge in [0.2, 0.25) is 0 Å². The van der Waals surface area contributed by atoms with Crippen molar-refractivity contribution in [3.8, 4) is 0 Å². The van der Waals surface area contributed by atoms with Crippen molar-refractivity contribution in [1.82, 2.24) is 0 Å². The number of rotatable bonds is 5. The standard InChI is InChI=1S/C15H16FNO3S/c1-2-12-5-3-4-6-14(12)17-21(19,20)15-8-7-11(10-18)9-13(15)16/h3-9,17-18H,2,10H2,1H3. The lowest BCUT2D eigenvalue weighted by atomic mass is 10.1.